The summed E-state index contributed by atoms with van der Waals surface area (Å²) in [6.45, 7) is 16.1. The number of pyridine rings is 1. The number of carbonyl (C=O) groups excluding carboxylic acids is 5. The number of methoxy groups -OCH3 is 1. The summed E-state index contributed by atoms with van der Waals surface area (Å²) in [5, 5.41) is 16.8. The van der Waals surface area contributed by atoms with E-state index in [-0.39, 0.29) is 49.6 Å². The Kier molecular flexibility index (Phi) is 16.6. The summed E-state index contributed by atoms with van der Waals surface area (Å²) in [6, 6.07) is 12.5. The van der Waals surface area contributed by atoms with Crippen molar-refractivity contribution in [1.82, 2.24) is 44.9 Å². The van der Waals surface area contributed by atoms with Gasteiger partial charge in [0, 0.05) is 101 Å². The molecule has 8 rings (SSSR count). The van der Waals surface area contributed by atoms with Gasteiger partial charge in [0.05, 0.1) is 37.1 Å². The normalized spacial score (nSPS) is 21.3. The average molecular weight is 1000 g/mol. The van der Waals surface area contributed by atoms with Crippen molar-refractivity contribution < 1.29 is 38.6 Å². The summed E-state index contributed by atoms with van der Waals surface area (Å²) in [7, 11) is 5.34. The van der Waals surface area contributed by atoms with E-state index in [0.717, 1.165) is 65.2 Å². The number of likely N-dealkylation sites (tertiary alicyclic amines) is 1. The lowest BCUT2D eigenvalue weighted by Crippen LogP contribution is -2.62. The smallest absolute Gasteiger partial charge is 0.324 e. The van der Waals surface area contributed by atoms with Crippen LogP contribution < -0.4 is 10.7 Å². The molecule has 6 bridgehead atoms. The van der Waals surface area contributed by atoms with Gasteiger partial charge in [-0.3, -0.25) is 38.9 Å². The highest BCUT2D eigenvalue weighted by atomic mass is 16.5. The van der Waals surface area contributed by atoms with Crippen LogP contribution in [0.5, 0.6) is 5.75 Å². The van der Waals surface area contributed by atoms with E-state index < -0.39 is 47.2 Å². The molecule has 17 heteroatoms. The summed E-state index contributed by atoms with van der Waals surface area (Å²) >= 11 is 0. The second-order valence-electron chi connectivity index (χ2n) is 21.4. The van der Waals surface area contributed by atoms with Crippen LogP contribution in [0.3, 0.4) is 0 Å². The van der Waals surface area contributed by atoms with Crippen molar-refractivity contribution in [1.29, 1.82) is 0 Å². The molecular formula is C56H73N9O8. The average Bonchev–Trinajstić information content (AvgIpc) is 3.98. The van der Waals surface area contributed by atoms with E-state index in [1.54, 1.807) is 37.4 Å². The number of benzene rings is 2. The number of ether oxygens (including phenoxy) is 2. The Bertz CT molecular complexity index is 2770. The third kappa shape index (κ3) is 12.0. The van der Waals surface area contributed by atoms with Crippen molar-refractivity contribution in [2.75, 3.05) is 80.2 Å². The quantitative estimate of drug-likeness (QED) is 0.150. The number of aromatic hydroxyl groups is 1. The molecule has 0 spiro atoms. The fraction of sp³-hybridized carbons (Fsp3) is 0.536. The number of likely N-dealkylation sites (N-methyl/N-ethyl adjacent to an activating group) is 2. The number of nitrogens with one attached hydrogen (secondary N) is 2. The minimum Gasteiger partial charge on any atom is -0.508 e. The van der Waals surface area contributed by atoms with Gasteiger partial charge in [0.25, 0.3) is 11.8 Å². The van der Waals surface area contributed by atoms with Crippen molar-refractivity contribution in [3.8, 4) is 40.0 Å². The number of phenolic OH excluding ortho intramolecular Hbond substituents is 1. The number of fused-ring (bicyclic) bond motifs is 6. The first-order valence-electron chi connectivity index (χ1n) is 25.9. The minimum absolute atomic E-state index is 0.0123. The number of aromatic nitrogens is 2. The third-order valence-electron chi connectivity index (χ3n) is 14.9. The van der Waals surface area contributed by atoms with Gasteiger partial charge in [0.1, 0.15) is 23.9 Å². The minimum atomic E-state index is -1.17. The zero-order valence-electron chi connectivity index (χ0n) is 43.8. The first-order chi connectivity index (χ1) is 34.9. The van der Waals surface area contributed by atoms with Crippen LogP contribution in [0, 0.1) is 29.1 Å². The molecule has 3 N–H and O–H groups in total. The molecule has 4 aromatic rings. The highest BCUT2D eigenvalue weighted by Gasteiger charge is 2.40. The monoisotopic (exact) mass is 1000 g/mol. The van der Waals surface area contributed by atoms with Crippen LogP contribution in [0.2, 0.25) is 0 Å². The molecular weight excluding hydrogens is 927 g/mol. The Morgan fingerprint density at radius 3 is 2.55 bits per heavy atom. The Labute approximate surface area is 429 Å². The second-order valence-corrected chi connectivity index (χ2v) is 21.4. The third-order valence-corrected chi connectivity index (χ3v) is 14.9. The lowest BCUT2D eigenvalue weighted by atomic mass is 9.84. The molecule has 2 aromatic carbocycles. The van der Waals surface area contributed by atoms with E-state index in [1.807, 2.05) is 32.0 Å². The molecule has 6 heterocycles. The fourth-order valence-corrected chi connectivity index (χ4v) is 11.0. The molecule has 0 aliphatic carbocycles. The number of hydrogen-bond acceptors (Lipinski definition) is 12. The first kappa shape index (κ1) is 53.0. The predicted octanol–water partition coefficient (Wildman–Crippen LogP) is 4.47. The summed E-state index contributed by atoms with van der Waals surface area (Å²) in [5.41, 5.74) is 9.55. The van der Waals surface area contributed by atoms with Crippen LogP contribution in [0.25, 0.3) is 33.3 Å². The molecule has 17 nitrogen and oxygen atoms in total. The van der Waals surface area contributed by atoms with Gasteiger partial charge in [-0.1, -0.05) is 45.7 Å². The number of hydrogen-bond donors (Lipinski definition) is 3. The number of hydrazine groups is 1. The Morgan fingerprint density at radius 1 is 1.03 bits per heavy atom. The topological polar surface area (TPSA) is 182 Å². The molecule has 4 amide bonds. The van der Waals surface area contributed by atoms with Crippen LogP contribution >= 0.6 is 0 Å². The number of phenols is 1. The van der Waals surface area contributed by atoms with Gasteiger partial charge in [0.15, 0.2) is 0 Å². The van der Waals surface area contributed by atoms with Crippen LogP contribution in [0.4, 0.5) is 0 Å². The number of piperazine rings is 1. The van der Waals surface area contributed by atoms with Crippen molar-refractivity contribution in [2.45, 2.75) is 98.0 Å². The molecule has 4 aliphatic rings. The van der Waals surface area contributed by atoms with E-state index >= 15 is 0 Å². The van der Waals surface area contributed by atoms with Crippen molar-refractivity contribution in [3.05, 3.63) is 71.5 Å². The Balaban J connectivity index is 1.10. The second kappa shape index (κ2) is 22.8. The molecule has 73 heavy (non-hydrogen) atoms. The van der Waals surface area contributed by atoms with Crippen LogP contribution in [0.15, 0.2) is 54.7 Å². The fourth-order valence-electron chi connectivity index (χ4n) is 11.0. The maximum Gasteiger partial charge on any atom is 0.324 e. The first-order valence-corrected chi connectivity index (χ1v) is 25.9. The molecule has 390 valence electrons. The van der Waals surface area contributed by atoms with E-state index in [0.29, 0.717) is 63.1 Å². The maximum atomic E-state index is 14.8. The molecule has 3 fully saturated rings. The SMILES string of the molecule is CCn1c(-c2cccnc2COC)c2c3cc(ccc31)-c1cc(O)cc(c1)C[C@H](NC(=O)C(C(C)C)N(C)C(=O)[C@H]1CCN(C(=O)C#CCN3CCN(C)CC3)C1)C(=O)N1CCC[C@H](N1)C(=O)OCC(C)(C)C2. The standard InChI is InChI=1S/C56H73N9O8/c1-9-64-48-17-16-38-31-43(48)44(51(64)42-13-10-19-57-47(42)34-72-8)32-56(4,5)35-73-55(71)45-14-11-21-65(59-45)54(70)46(29-37-27-40(38)30-41(66)28-37)58-52(68)50(36(2)3)61(7)53(69)39-18-22-63(33-39)49(67)15-12-20-62-25-23-60(6)24-26-62/h10,13,16-17,19,27-28,30-31,36,39,45-46,50,59,66H,9,11,14,18,20-26,29,32-35H2,1-8H3,(H,58,68)/t39-,45-,46-,50?/m0/s1. The van der Waals surface area contributed by atoms with Crippen molar-refractivity contribution in [2.24, 2.45) is 17.3 Å². The van der Waals surface area contributed by atoms with E-state index in [9.17, 15) is 29.1 Å². The lowest BCUT2D eigenvalue weighted by Gasteiger charge is -2.37. The summed E-state index contributed by atoms with van der Waals surface area (Å²) in [5.74, 6) is 2.82. The summed E-state index contributed by atoms with van der Waals surface area (Å²) < 4.78 is 14.0. The zero-order chi connectivity index (χ0) is 52.1. The largest absolute Gasteiger partial charge is 0.508 e. The number of amides is 4. The molecule has 4 atom stereocenters. The maximum absolute atomic E-state index is 14.8. The van der Waals surface area contributed by atoms with E-state index in [2.05, 4.69) is 83.0 Å². The number of aryl methyl sites for hydroxylation is 1. The molecule has 4 aliphatic heterocycles. The number of cyclic esters (lactones) is 1. The Hall–Kier alpha value is -6.32. The molecule has 1 unspecified atom stereocenters. The Morgan fingerprint density at radius 2 is 1.81 bits per heavy atom. The van der Waals surface area contributed by atoms with Gasteiger partial charge in [-0.05, 0) is 110 Å². The van der Waals surface area contributed by atoms with Crippen molar-refractivity contribution in [3.63, 3.8) is 0 Å². The number of rotatable bonds is 10. The molecule has 2 aromatic heterocycles. The van der Waals surface area contributed by atoms with Crippen molar-refractivity contribution >= 4 is 40.5 Å². The van der Waals surface area contributed by atoms with Crippen LogP contribution in [-0.2, 0) is 59.4 Å². The molecule has 3 saturated heterocycles. The number of carbonyl (C=O) groups is 5. The summed E-state index contributed by atoms with van der Waals surface area (Å²) in [6.07, 6.45) is 3.67. The summed E-state index contributed by atoms with van der Waals surface area (Å²) in [4.78, 5) is 83.1. The lowest BCUT2D eigenvalue weighted by molar-refractivity contribution is -0.155. The van der Waals surface area contributed by atoms with Gasteiger partial charge >= 0.3 is 5.97 Å². The predicted molar refractivity (Wildman–Crippen MR) is 278 cm³/mol. The van der Waals surface area contributed by atoms with Gasteiger partial charge in [-0.25, -0.2) is 5.43 Å². The van der Waals surface area contributed by atoms with E-state index in [4.69, 9.17) is 14.5 Å². The molecule has 0 radical (unpaired) electrons. The molecule has 0 saturated carbocycles. The van der Waals surface area contributed by atoms with Gasteiger partial charge in [0.2, 0.25) is 11.8 Å². The van der Waals surface area contributed by atoms with Gasteiger partial charge in [-0.2, -0.15) is 0 Å². The van der Waals surface area contributed by atoms with Gasteiger partial charge < -0.3 is 39.2 Å². The van der Waals surface area contributed by atoms with Crippen LogP contribution in [0.1, 0.15) is 70.7 Å². The van der Waals surface area contributed by atoms with E-state index in [1.165, 1.54) is 9.91 Å². The van der Waals surface area contributed by atoms with Crippen LogP contribution in [-0.4, -0.2) is 167 Å². The number of nitrogens with zero attached hydrogens (tertiary/aromatic N) is 7. The zero-order valence-corrected chi connectivity index (χ0v) is 43.8. The van der Waals surface area contributed by atoms with Gasteiger partial charge in [-0.15, -0.1) is 0 Å². The number of esters is 1. The highest BCUT2D eigenvalue weighted by molar-refractivity contribution is 5.97. The highest BCUT2D eigenvalue weighted by Crippen LogP contribution is 2.41.